The van der Waals surface area contributed by atoms with Crippen molar-refractivity contribution in [3.8, 4) is 44.6 Å². The van der Waals surface area contributed by atoms with Crippen molar-refractivity contribution in [1.29, 1.82) is 0 Å². The predicted octanol–water partition coefficient (Wildman–Crippen LogP) is 13.0. The SMILES string of the molecule is Fc1ccc2nc3c(cc(-c4ccc(-c5ccc(-c6ccc(-c7ccc8ccc9cccnc9c8n7)cc6)c6ccccc56)cc4)c4cccnc43)cc2c1. The highest BCUT2D eigenvalue weighted by atomic mass is 19.1. The van der Waals surface area contributed by atoms with Gasteiger partial charge in [-0.05, 0) is 92.7 Å². The van der Waals surface area contributed by atoms with Crippen molar-refractivity contribution in [1.82, 2.24) is 19.9 Å². The van der Waals surface area contributed by atoms with E-state index in [1.807, 2.05) is 24.4 Å². The maximum absolute atomic E-state index is 14.1. The normalized spacial score (nSPS) is 11.7. The largest absolute Gasteiger partial charge is 0.254 e. The Bertz CT molecular complexity index is 3320. The summed E-state index contributed by atoms with van der Waals surface area (Å²) in [7, 11) is 0. The Morgan fingerprint density at radius 3 is 1.65 bits per heavy atom. The molecule has 7 aromatic carbocycles. The molecule has 5 heteroatoms. The molecule has 0 aliphatic heterocycles. The van der Waals surface area contributed by atoms with Crippen LogP contribution in [0.1, 0.15) is 0 Å². The number of hydrogen-bond donors (Lipinski definition) is 0. The molecule has 4 nitrogen and oxygen atoms in total. The molecule has 55 heavy (non-hydrogen) atoms. The van der Waals surface area contributed by atoms with Gasteiger partial charge in [-0.1, -0.05) is 115 Å². The quantitative estimate of drug-likeness (QED) is 0.135. The molecule has 4 aromatic heterocycles. The Morgan fingerprint density at radius 1 is 0.345 bits per heavy atom. The molecule has 0 amide bonds. The van der Waals surface area contributed by atoms with Crippen LogP contribution in [0.25, 0.3) is 110 Å². The van der Waals surface area contributed by atoms with Crippen LogP contribution < -0.4 is 0 Å². The van der Waals surface area contributed by atoms with E-state index in [9.17, 15) is 4.39 Å². The van der Waals surface area contributed by atoms with E-state index in [-0.39, 0.29) is 5.82 Å². The standard InChI is InChI=1S/C50H29FN4/c51-38-20-24-46-36(28-38)27-37-29-44(43-8-4-26-53-50(43)49(37)55-46)32-11-9-30(10-12-32)39-21-22-40(42-7-2-1-6-41(39)42)31-13-15-33(16-14-31)45-23-19-35-18-17-34-5-3-25-52-47(34)48(35)54-45/h1-29H. The summed E-state index contributed by atoms with van der Waals surface area (Å²) >= 11 is 0. The summed E-state index contributed by atoms with van der Waals surface area (Å²) in [5.41, 5.74) is 13.0. The summed E-state index contributed by atoms with van der Waals surface area (Å²) in [6.07, 6.45) is 3.63. The van der Waals surface area contributed by atoms with Gasteiger partial charge in [-0.15, -0.1) is 0 Å². The number of pyridine rings is 4. The van der Waals surface area contributed by atoms with Gasteiger partial charge in [0.15, 0.2) is 0 Å². The van der Waals surface area contributed by atoms with Gasteiger partial charge in [0, 0.05) is 44.9 Å². The van der Waals surface area contributed by atoms with Crippen LogP contribution in [-0.4, -0.2) is 19.9 Å². The fraction of sp³-hybridized carbons (Fsp3) is 0. The molecule has 0 N–H and O–H groups in total. The fourth-order valence-corrected chi connectivity index (χ4v) is 8.08. The van der Waals surface area contributed by atoms with Crippen LogP contribution >= 0.6 is 0 Å². The molecule has 0 fully saturated rings. The second kappa shape index (κ2) is 12.4. The first-order valence-corrected chi connectivity index (χ1v) is 18.3. The summed E-state index contributed by atoms with van der Waals surface area (Å²) in [6.45, 7) is 0. The Balaban J connectivity index is 0.952. The summed E-state index contributed by atoms with van der Waals surface area (Å²) in [4.78, 5) is 19.3. The first-order valence-electron chi connectivity index (χ1n) is 18.3. The fourth-order valence-electron chi connectivity index (χ4n) is 8.08. The smallest absolute Gasteiger partial charge is 0.123 e. The number of nitrogens with zero attached hydrogens (tertiary/aromatic N) is 4. The molecule has 0 saturated heterocycles. The van der Waals surface area contributed by atoms with Crippen molar-refractivity contribution in [2.75, 3.05) is 0 Å². The van der Waals surface area contributed by atoms with Crippen LogP contribution in [0.2, 0.25) is 0 Å². The zero-order valence-corrected chi connectivity index (χ0v) is 29.4. The zero-order chi connectivity index (χ0) is 36.5. The first-order chi connectivity index (χ1) is 27.1. The van der Waals surface area contributed by atoms with Crippen LogP contribution in [0.4, 0.5) is 4.39 Å². The van der Waals surface area contributed by atoms with Crippen LogP contribution in [0.3, 0.4) is 0 Å². The summed E-state index contributed by atoms with van der Waals surface area (Å²) < 4.78 is 14.1. The first kappa shape index (κ1) is 31.2. The van der Waals surface area contributed by atoms with Crippen LogP contribution in [0, 0.1) is 5.82 Å². The van der Waals surface area contributed by atoms with Gasteiger partial charge in [-0.2, -0.15) is 0 Å². The van der Waals surface area contributed by atoms with Crippen LogP contribution in [0.5, 0.6) is 0 Å². The highest BCUT2D eigenvalue weighted by molar-refractivity contribution is 6.13. The lowest BCUT2D eigenvalue weighted by atomic mass is 9.90. The van der Waals surface area contributed by atoms with Gasteiger partial charge in [0.25, 0.3) is 0 Å². The minimum absolute atomic E-state index is 0.275. The topological polar surface area (TPSA) is 51.6 Å². The van der Waals surface area contributed by atoms with Crippen molar-refractivity contribution in [2.24, 2.45) is 0 Å². The van der Waals surface area contributed by atoms with Gasteiger partial charge in [0.2, 0.25) is 0 Å². The van der Waals surface area contributed by atoms with E-state index >= 15 is 0 Å². The molecule has 11 aromatic rings. The molecule has 0 radical (unpaired) electrons. The Morgan fingerprint density at radius 2 is 0.927 bits per heavy atom. The number of aromatic nitrogens is 4. The Kier molecular flexibility index (Phi) is 7.01. The number of fused-ring (bicyclic) bond motifs is 8. The number of rotatable bonds is 4. The van der Waals surface area contributed by atoms with E-state index < -0.39 is 0 Å². The van der Waals surface area contributed by atoms with E-state index in [0.29, 0.717) is 0 Å². The second-order valence-electron chi connectivity index (χ2n) is 14.0. The zero-order valence-electron chi connectivity index (χ0n) is 29.4. The Hall–Kier alpha value is -7.37. The number of halogens is 1. The molecule has 0 atom stereocenters. The number of hydrogen-bond acceptors (Lipinski definition) is 4. The predicted molar refractivity (Wildman–Crippen MR) is 224 cm³/mol. The third kappa shape index (κ3) is 5.20. The molecule has 0 aliphatic carbocycles. The van der Waals surface area contributed by atoms with E-state index in [1.165, 1.54) is 34.0 Å². The maximum atomic E-state index is 14.1. The third-order valence-corrected chi connectivity index (χ3v) is 10.8. The molecule has 256 valence electrons. The van der Waals surface area contributed by atoms with Gasteiger partial charge in [-0.3, -0.25) is 9.97 Å². The molecule has 0 unspecified atom stereocenters. The van der Waals surface area contributed by atoms with Crippen LogP contribution in [-0.2, 0) is 0 Å². The number of benzene rings is 7. The average Bonchev–Trinajstić information content (AvgIpc) is 3.25. The van der Waals surface area contributed by atoms with Crippen molar-refractivity contribution in [3.63, 3.8) is 0 Å². The lowest BCUT2D eigenvalue weighted by Gasteiger charge is -2.14. The summed E-state index contributed by atoms with van der Waals surface area (Å²) in [5, 5.41) is 7.28. The van der Waals surface area contributed by atoms with E-state index in [4.69, 9.17) is 15.0 Å². The minimum atomic E-state index is -0.275. The van der Waals surface area contributed by atoms with Gasteiger partial charge in [-0.25, -0.2) is 14.4 Å². The molecular formula is C50H29FN4. The molecule has 0 spiro atoms. The highest BCUT2D eigenvalue weighted by Crippen LogP contribution is 2.39. The lowest BCUT2D eigenvalue weighted by molar-refractivity contribution is 0.629. The van der Waals surface area contributed by atoms with E-state index in [1.54, 1.807) is 12.3 Å². The molecule has 11 rings (SSSR count). The van der Waals surface area contributed by atoms with Crippen molar-refractivity contribution in [3.05, 3.63) is 182 Å². The minimum Gasteiger partial charge on any atom is -0.254 e. The van der Waals surface area contributed by atoms with Gasteiger partial charge >= 0.3 is 0 Å². The van der Waals surface area contributed by atoms with Crippen molar-refractivity contribution >= 4 is 65.3 Å². The van der Waals surface area contributed by atoms with E-state index in [2.05, 4.69) is 132 Å². The molecule has 4 heterocycles. The van der Waals surface area contributed by atoms with Crippen LogP contribution in [0.15, 0.2) is 176 Å². The van der Waals surface area contributed by atoms with E-state index in [0.717, 1.165) is 88.0 Å². The highest BCUT2D eigenvalue weighted by Gasteiger charge is 2.15. The average molecular weight is 705 g/mol. The lowest BCUT2D eigenvalue weighted by Crippen LogP contribution is -1.91. The summed E-state index contributed by atoms with van der Waals surface area (Å²) in [6, 6.07) is 55.9. The second-order valence-corrected chi connectivity index (χ2v) is 14.0. The maximum Gasteiger partial charge on any atom is 0.123 e. The molecular weight excluding hydrogens is 676 g/mol. The van der Waals surface area contributed by atoms with Crippen molar-refractivity contribution < 1.29 is 4.39 Å². The Labute approximate surface area is 315 Å². The van der Waals surface area contributed by atoms with Gasteiger partial charge in [0.05, 0.1) is 33.3 Å². The third-order valence-electron chi connectivity index (χ3n) is 10.8. The summed E-state index contributed by atoms with van der Waals surface area (Å²) in [5.74, 6) is -0.275. The van der Waals surface area contributed by atoms with Gasteiger partial charge < -0.3 is 0 Å². The monoisotopic (exact) mass is 704 g/mol. The van der Waals surface area contributed by atoms with Gasteiger partial charge in [0.1, 0.15) is 5.82 Å². The van der Waals surface area contributed by atoms with Crippen molar-refractivity contribution in [2.45, 2.75) is 0 Å². The molecule has 0 aliphatic rings. The molecule has 0 bridgehead atoms. The molecule has 0 saturated carbocycles.